The van der Waals surface area contributed by atoms with Crippen LogP contribution < -0.4 is 0 Å². The van der Waals surface area contributed by atoms with E-state index in [0.717, 1.165) is 104 Å². The van der Waals surface area contributed by atoms with Gasteiger partial charge in [-0.3, -0.25) is 4.90 Å². The Balaban J connectivity index is 5.22. The molecule has 0 aliphatic rings. The molecule has 0 amide bonds. The first-order chi connectivity index (χ1) is 27.7. The lowest BCUT2D eigenvalue weighted by atomic mass is 10.0. The van der Waals surface area contributed by atoms with E-state index in [9.17, 15) is 20.4 Å². The van der Waals surface area contributed by atoms with Crippen LogP contribution in [0.15, 0.2) is 0 Å². The molecule has 0 spiro atoms. The SMILES string of the molecule is CCCCCCCCCCC(O)CN(CCCCN(CCCC)CC(C)O)CCCN(CC(O)CCCCCCCCCC)CC(O)CCCCCCCCCC. The standard InChI is InChI=1S/C50H105N3O4/c1-6-10-14-17-20-23-26-29-35-48(55)44-52(40-33-32-39-51(38-13-9-4)43-47(5)54)41-34-42-53(45-49(56)36-30-27-24-21-18-15-11-7-2)46-50(57)37-31-28-25-22-19-16-12-8-3/h47-50,54-57H,6-46H2,1-5H3. The smallest absolute Gasteiger partial charge is 0.0667 e. The van der Waals surface area contributed by atoms with Crippen molar-refractivity contribution in [3.8, 4) is 0 Å². The third kappa shape index (κ3) is 40.9. The van der Waals surface area contributed by atoms with Crippen LogP contribution in [0, 0.1) is 0 Å². The molecular formula is C50H105N3O4. The Bertz CT molecular complexity index is 746. The Labute approximate surface area is 357 Å². The van der Waals surface area contributed by atoms with E-state index in [1.165, 1.54) is 148 Å². The van der Waals surface area contributed by atoms with Crippen molar-refractivity contribution < 1.29 is 20.4 Å². The fourth-order valence-corrected chi connectivity index (χ4v) is 8.50. The summed E-state index contributed by atoms with van der Waals surface area (Å²) in [6, 6.07) is 0. The maximum atomic E-state index is 11.2. The normalized spacial score (nSPS) is 14.3. The molecule has 7 nitrogen and oxygen atoms in total. The lowest BCUT2D eigenvalue weighted by Gasteiger charge is -2.30. The van der Waals surface area contributed by atoms with Crippen molar-refractivity contribution >= 4 is 0 Å². The highest BCUT2D eigenvalue weighted by Gasteiger charge is 2.18. The Hall–Kier alpha value is -0.280. The van der Waals surface area contributed by atoms with Crippen molar-refractivity contribution in [2.24, 2.45) is 0 Å². The van der Waals surface area contributed by atoms with Gasteiger partial charge in [-0.2, -0.15) is 0 Å². The molecular weight excluding hydrogens is 707 g/mol. The summed E-state index contributed by atoms with van der Waals surface area (Å²) in [6.45, 7) is 18.5. The lowest BCUT2D eigenvalue weighted by Crippen LogP contribution is -2.41. The predicted molar refractivity (Wildman–Crippen MR) is 249 cm³/mol. The van der Waals surface area contributed by atoms with Crippen LogP contribution in [0.3, 0.4) is 0 Å². The van der Waals surface area contributed by atoms with Gasteiger partial charge in [0.25, 0.3) is 0 Å². The summed E-state index contributed by atoms with van der Waals surface area (Å²) in [5.41, 5.74) is 0. The van der Waals surface area contributed by atoms with E-state index < -0.39 is 0 Å². The number of unbranched alkanes of at least 4 members (excludes halogenated alkanes) is 23. The van der Waals surface area contributed by atoms with E-state index in [1.807, 2.05) is 6.92 Å². The summed E-state index contributed by atoms with van der Waals surface area (Å²) in [4.78, 5) is 7.26. The second kappa shape index (κ2) is 43.8. The van der Waals surface area contributed by atoms with Crippen molar-refractivity contribution in [3.05, 3.63) is 0 Å². The molecule has 4 unspecified atom stereocenters. The molecule has 7 heteroatoms. The number of hydrogen-bond acceptors (Lipinski definition) is 7. The molecule has 0 radical (unpaired) electrons. The minimum absolute atomic E-state index is 0.292. The third-order valence-electron chi connectivity index (χ3n) is 12.1. The molecule has 57 heavy (non-hydrogen) atoms. The average molecular weight is 812 g/mol. The van der Waals surface area contributed by atoms with Crippen LogP contribution in [0.5, 0.6) is 0 Å². The number of aliphatic hydroxyl groups is 4. The van der Waals surface area contributed by atoms with Crippen LogP contribution in [-0.4, -0.2) is 118 Å². The highest BCUT2D eigenvalue weighted by atomic mass is 16.3. The third-order valence-corrected chi connectivity index (χ3v) is 12.1. The summed E-state index contributed by atoms with van der Waals surface area (Å²) in [7, 11) is 0. The van der Waals surface area contributed by atoms with Gasteiger partial charge in [0.15, 0.2) is 0 Å². The van der Waals surface area contributed by atoms with Gasteiger partial charge in [-0.05, 0) is 84.6 Å². The van der Waals surface area contributed by atoms with Crippen molar-refractivity contribution in [1.82, 2.24) is 14.7 Å². The van der Waals surface area contributed by atoms with Crippen molar-refractivity contribution in [2.75, 3.05) is 58.9 Å². The fourth-order valence-electron chi connectivity index (χ4n) is 8.50. The van der Waals surface area contributed by atoms with E-state index in [2.05, 4.69) is 42.4 Å². The fraction of sp³-hybridized carbons (Fsp3) is 1.00. The van der Waals surface area contributed by atoms with Crippen LogP contribution in [-0.2, 0) is 0 Å². The summed E-state index contributed by atoms with van der Waals surface area (Å²) < 4.78 is 0. The molecule has 0 bridgehead atoms. The Morgan fingerprint density at radius 3 is 0.895 bits per heavy atom. The second-order valence-electron chi connectivity index (χ2n) is 18.4. The minimum Gasteiger partial charge on any atom is -0.392 e. The maximum Gasteiger partial charge on any atom is 0.0667 e. The molecule has 0 fully saturated rings. The molecule has 0 saturated carbocycles. The number of rotatable bonds is 47. The van der Waals surface area contributed by atoms with Gasteiger partial charge < -0.3 is 30.2 Å². The number of aliphatic hydroxyl groups excluding tert-OH is 4. The van der Waals surface area contributed by atoms with Crippen molar-refractivity contribution in [1.29, 1.82) is 0 Å². The van der Waals surface area contributed by atoms with Gasteiger partial charge in [-0.15, -0.1) is 0 Å². The molecule has 0 aliphatic carbocycles. The van der Waals surface area contributed by atoms with Gasteiger partial charge >= 0.3 is 0 Å². The number of hydrogen-bond donors (Lipinski definition) is 4. The van der Waals surface area contributed by atoms with Gasteiger partial charge in [0, 0.05) is 26.2 Å². The van der Waals surface area contributed by atoms with Crippen LogP contribution >= 0.6 is 0 Å². The quantitative estimate of drug-likeness (QED) is 0.0455. The molecule has 0 aliphatic heterocycles. The first kappa shape index (κ1) is 56.7. The molecule has 0 aromatic heterocycles. The van der Waals surface area contributed by atoms with Crippen LogP contribution in [0.4, 0.5) is 0 Å². The zero-order valence-corrected chi connectivity index (χ0v) is 39.4. The Morgan fingerprint density at radius 1 is 0.281 bits per heavy atom. The Morgan fingerprint density at radius 2 is 0.544 bits per heavy atom. The first-order valence-electron chi connectivity index (χ1n) is 25.6. The van der Waals surface area contributed by atoms with Crippen LogP contribution in [0.2, 0.25) is 0 Å². The maximum absolute atomic E-state index is 11.2. The summed E-state index contributed by atoms with van der Waals surface area (Å²) in [5.74, 6) is 0. The van der Waals surface area contributed by atoms with E-state index >= 15 is 0 Å². The molecule has 0 rings (SSSR count). The molecule has 0 heterocycles. The largest absolute Gasteiger partial charge is 0.392 e. The summed E-state index contributed by atoms with van der Waals surface area (Å²) in [6.07, 6.45) is 37.5. The van der Waals surface area contributed by atoms with Gasteiger partial charge in [0.05, 0.1) is 24.4 Å². The van der Waals surface area contributed by atoms with Gasteiger partial charge in [-0.1, -0.05) is 188 Å². The molecule has 4 N–H and O–H groups in total. The summed E-state index contributed by atoms with van der Waals surface area (Å²) >= 11 is 0. The topological polar surface area (TPSA) is 90.6 Å². The molecule has 344 valence electrons. The van der Waals surface area contributed by atoms with E-state index in [-0.39, 0.29) is 24.4 Å². The first-order valence-corrected chi connectivity index (χ1v) is 25.6. The molecule has 0 saturated heterocycles. The van der Waals surface area contributed by atoms with Gasteiger partial charge in [0.1, 0.15) is 0 Å². The van der Waals surface area contributed by atoms with E-state index in [1.54, 1.807) is 0 Å². The number of nitrogens with zero attached hydrogens (tertiary/aromatic N) is 3. The monoisotopic (exact) mass is 812 g/mol. The zero-order chi connectivity index (χ0) is 42.0. The minimum atomic E-state index is -0.345. The van der Waals surface area contributed by atoms with Crippen molar-refractivity contribution in [2.45, 2.75) is 265 Å². The van der Waals surface area contributed by atoms with Crippen molar-refractivity contribution in [3.63, 3.8) is 0 Å². The summed E-state index contributed by atoms with van der Waals surface area (Å²) in [5, 5.41) is 43.5. The highest BCUT2D eigenvalue weighted by molar-refractivity contribution is 4.73. The highest BCUT2D eigenvalue weighted by Crippen LogP contribution is 2.16. The van der Waals surface area contributed by atoms with E-state index in [0.29, 0.717) is 13.1 Å². The molecule has 0 aromatic carbocycles. The van der Waals surface area contributed by atoms with Gasteiger partial charge in [0.2, 0.25) is 0 Å². The zero-order valence-electron chi connectivity index (χ0n) is 39.4. The predicted octanol–water partition coefficient (Wildman–Crippen LogP) is 11.9. The molecule has 4 atom stereocenters. The van der Waals surface area contributed by atoms with E-state index in [4.69, 9.17) is 0 Å². The van der Waals surface area contributed by atoms with Crippen LogP contribution in [0.1, 0.15) is 240 Å². The second-order valence-corrected chi connectivity index (χ2v) is 18.4. The average Bonchev–Trinajstić information content (AvgIpc) is 3.18. The van der Waals surface area contributed by atoms with Gasteiger partial charge in [-0.25, -0.2) is 0 Å². The lowest BCUT2D eigenvalue weighted by molar-refractivity contribution is 0.0559. The Kier molecular flexibility index (Phi) is 43.6. The molecule has 0 aromatic rings. The van der Waals surface area contributed by atoms with Crippen LogP contribution in [0.25, 0.3) is 0 Å².